The lowest BCUT2D eigenvalue weighted by molar-refractivity contribution is 0.102. The number of benzene rings is 2. The van der Waals surface area contributed by atoms with E-state index in [1.807, 2.05) is 63.2 Å². The zero-order valence-corrected chi connectivity index (χ0v) is 22.5. The summed E-state index contributed by atoms with van der Waals surface area (Å²) in [5.41, 5.74) is 3.90. The Bertz CT molecular complexity index is 1320. The van der Waals surface area contributed by atoms with E-state index in [0.29, 0.717) is 27.8 Å². The molecule has 0 spiro atoms. The number of rotatable bonds is 8. The van der Waals surface area contributed by atoms with Gasteiger partial charge < -0.3 is 14.8 Å². The van der Waals surface area contributed by atoms with Gasteiger partial charge in [-0.3, -0.25) is 9.59 Å². The average Bonchev–Trinajstić information content (AvgIpc) is 3.22. The Hall–Kier alpha value is -3.37. The molecule has 0 radical (unpaired) electrons. The van der Waals surface area contributed by atoms with Crippen molar-refractivity contribution in [2.45, 2.75) is 39.0 Å². The van der Waals surface area contributed by atoms with Gasteiger partial charge in [0.2, 0.25) is 0 Å². The average molecular weight is 525 g/mol. The van der Waals surface area contributed by atoms with Gasteiger partial charge in [-0.15, -0.1) is 11.3 Å². The topological polar surface area (TPSA) is 93.1 Å². The van der Waals surface area contributed by atoms with E-state index >= 15 is 0 Å². The molecule has 188 valence electrons. The minimum Gasteiger partial charge on any atom is -0.493 e. The predicted molar refractivity (Wildman–Crippen MR) is 145 cm³/mol. The first-order valence-electron chi connectivity index (χ1n) is 11.5. The quantitative estimate of drug-likeness (QED) is 0.395. The lowest BCUT2D eigenvalue weighted by Crippen LogP contribution is -2.34. The van der Waals surface area contributed by atoms with Gasteiger partial charge in [0.15, 0.2) is 11.5 Å². The number of thiazole rings is 1. The van der Waals surface area contributed by atoms with Gasteiger partial charge in [0, 0.05) is 11.3 Å². The number of aryl methyl sites for hydroxylation is 2. The molecule has 2 heterocycles. The highest BCUT2D eigenvalue weighted by atomic mass is 32.2. The van der Waals surface area contributed by atoms with Crippen LogP contribution in [-0.2, 0) is 6.54 Å². The number of hydrogen-bond acceptors (Lipinski definition) is 8. The standard InChI is InChI=1S/C26H28N4O4S2/c1-6-22-23(18-10-11-20(33-4)21(13-18)34-5)29-30(26(32)36-22)14-17-8-7-9-19(12-17)28-25(31)24-15(2)27-16(3)35-24/h7-13,22H,6,14H2,1-5H3,(H,28,31). The maximum Gasteiger partial charge on any atom is 0.302 e. The Morgan fingerprint density at radius 2 is 1.89 bits per heavy atom. The van der Waals surface area contributed by atoms with Gasteiger partial charge in [-0.25, -0.2) is 9.99 Å². The number of amides is 2. The van der Waals surface area contributed by atoms with Crippen LogP contribution in [0.3, 0.4) is 0 Å². The molecule has 8 nitrogen and oxygen atoms in total. The Morgan fingerprint density at radius 1 is 1.11 bits per heavy atom. The number of carbonyl (C=O) groups excluding carboxylic acids is 2. The molecule has 1 aliphatic heterocycles. The largest absolute Gasteiger partial charge is 0.493 e. The van der Waals surface area contributed by atoms with Crippen molar-refractivity contribution in [1.29, 1.82) is 0 Å². The second kappa shape index (κ2) is 11.1. The molecule has 1 atom stereocenters. The van der Waals surface area contributed by atoms with Crippen molar-refractivity contribution in [2.24, 2.45) is 5.10 Å². The minimum absolute atomic E-state index is 0.0661. The number of hydrazone groups is 1. The summed E-state index contributed by atoms with van der Waals surface area (Å²) in [4.78, 5) is 30.6. The van der Waals surface area contributed by atoms with E-state index in [1.165, 1.54) is 28.1 Å². The molecule has 1 unspecified atom stereocenters. The fourth-order valence-corrected chi connectivity index (χ4v) is 5.69. The first-order valence-corrected chi connectivity index (χ1v) is 13.2. The normalized spacial score (nSPS) is 15.5. The Labute approximate surface area is 218 Å². The molecule has 2 aromatic carbocycles. The Balaban J connectivity index is 1.57. The van der Waals surface area contributed by atoms with Crippen LogP contribution in [0.15, 0.2) is 47.6 Å². The van der Waals surface area contributed by atoms with Crippen LogP contribution in [0.5, 0.6) is 11.5 Å². The van der Waals surface area contributed by atoms with E-state index in [-0.39, 0.29) is 22.9 Å². The smallest absolute Gasteiger partial charge is 0.302 e. The van der Waals surface area contributed by atoms with Crippen molar-refractivity contribution in [3.05, 3.63) is 69.2 Å². The van der Waals surface area contributed by atoms with Crippen molar-refractivity contribution in [3.63, 3.8) is 0 Å². The van der Waals surface area contributed by atoms with Crippen LogP contribution in [0, 0.1) is 13.8 Å². The lowest BCUT2D eigenvalue weighted by Gasteiger charge is -2.28. The van der Waals surface area contributed by atoms with Crippen molar-refractivity contribution < 1.29 is 19.1 Å². The molecule has 1 aliphatic rings. The summed E-state index contributed by atoms with van der Waals surface area (Å²) in [6, 6.07) is 13.1. The molecule has 2 amide bonds. The third-order valence-electron chi connectivity index (χ3n) is 5.66. The number of nitrogens with one attached hydrogen (secondary N) is 1. The van der Waals surface area contributed by atoms with E-state index in [2.05, 4.69) is 10.3 Å². The zero-order valence-electron chi connectivity index (χ0n) is 20.8. The fraction of sp³-hybridized carbons (Fsp3) is 0.308. The predicted octanol–water partition coefficient (Wildman–Crippen LogP) is 5.88. The molecule has 0 bridgehead atoms. The number of hydrogen-bond donors (Lipinski definition) is 1. The van der Waals surface area contributed by atoms with Crippen LogP contribution in [0.25, 0.3) is 0 Å². The van der Waals surface area contributed by atoms with E-state index < -0.39 is 0 Å². The summed E-state index contributed by atoms with van der Waals surface area (Å²) in [6.45, 7) is 6.02. The summed E-state index contributed by atoms with van der Waals surface area (Å²) in [5, 5.41) is 9.83. The van der Waals surface area contributed by atoms with Crippen molar-refractivity contribution >= 4 is 45.6 Å². The van der Waals surface area contributed by atoms with Gasteiger partial charge in [-0.2, -0.15) is 5.10 Å². The van der Waals surface area contributed by atoms with Crippen LogP contribution >= 0.6 is 23.1 Å². The van der Waals surface area contributed by atoms with Gasteiger partial charge in [-0.1, -0.05) is 30.8 Å². The third kappa shape index (κ3) is 5.55. The molecular weight excluding hydrogens is 496 g/mol. The first-order chi connectivity index (χ1) is 17.3. The Kier molecular flexibility index (Phi) is 7.95. The third-order valence-corrected chi connectivity index (χ3v) is 7.99. The van der Waals surface area contributed by atoms with Gasteiger partial charge in [0.1, 0.15) is 4.88 Å². The summed E-state index contributed by atoms with van der Waals surface area (Å²) in [5.74, 6) is 1.05. The van der Waals surface area contributed by atoms with Crippen LogP contribution in [-0.4, -0.2) is 46.3 Å². The Morgan fingerprint density at radius 3 is 2.56 bits per heavy atom. The fourth-order valence-electron chi connectivity index (χ4n) is 3.94. The molecule has 0 saturated carbocycles. The van der Waals surface area contributed by atoms with Gasteiger partial charge in [0.25, 0.3) is 5.91 Å². The van der Waals surface area contributed by atoms with Crippen LogP contribution in [0.2, 0.25) is 0 Å². The molecule has 1 aromatic heterocycles. The number of anilines is 1. The molecule has 0 fully saturated rings. The van der Waals surface area contributed by atoms with Crippen molar-refractivity contribution in [2.75, 3.05) is 19.5 Å². The van der Waals surface area contributed by atoms with Crippen LogP contribution in [0.1, 0.15) is 44.8 Å². The molecule has 3 aromatic rings. The highest BCUT2D eigenvalue weighted by molar-refractivity contribution is 8.14. The van der Waals surface area contributed by atoms with E-state index in [0.717, 1.165) is 28.3 Å². The summed E-state index contributed by atoms with van der Waals surface area (Å²) >= 11 is 2.63. The van der Waals surface area contributed by atoms with Crippen LogP contribution < -0.4 is 14.8 Å². The summed E-state index contributed by atoms with van der Waals surface area (Å²) in [6.07, 6.45) is 0.759. The maximum atomic E-state index is 12.9. The van der Waals surface area contributed by atoms with E-state index in [9.17, 15) is 9.59 Å². The zero-order chi connectivity index (χ0) is 25.8. The van der Waals surface area contributed by atoms with E-state index in [4.69, 9.17) is 14.6 Å². The number of nitrogens with zero attached hydrogens (tertiary/aromatic N) is 3. The monoisotopic (exact) mass is 524 g/mol. The van der Waals surface area contributed by atoms with Crippen molar-refractivity contribution in [1.82, 2.24) is 9.99 Å². The number of ether oxygens (including phenoxy) is 2. The van der Waals surface area contributed by atoms with Crippen LogP contribution in [0.4, 0.5) is 10.5 Å². The number of carbonyl (C=O) groups is 2. The molecule has 1 N–H and O–H groups in total. The molecule has 10 heteroatoms. The second-order valence-electron chi connectivity index (χ2n) is 8.20. The minimum atomic E-state index is -0.195. The molecule has 36 heavy (non-hydrogen) atoms. The molecule has 0 saturated heterocycles. The lowest BCUT2D eigenvalue weighted by atomic mass is 10.0. The van der Waals surface area contributed by atoms with E-state index in [1.54, 1.807) is 14.2 Å². The maximum absolute atomic E-state index is 12.9. The number of aromatic nitrogens is 1. The molecule has 4 rings (SSSR count). The molecular formula is C26H28N4O4S2. The summed E-state index contributed by atoms with van der Waals surface area (Å²) < 4.78 is 10.8. The van der Waals surface area contributed by atoms with Crippen molar-refractivity contribution in [3.8, 4) is 11.5 Å². The summed E-state index contributed by atoms with van der Waals surface area (Å²) in [7, 11) is 3.19. The number of methoxy groups -OCH3 is 2. The highest BCUT2D eigenvalue weighted by Gasteiger charge is 2.30. The second-order valence-corrected chi connectivity index (χ2v) is 10.6. The van der Waals surface area contributed by atoms with Gasteiger partial charge in [0.05, 0.1) is 42.4 Å². The first kappa shape index (κ1) is 25.7. The molecule has 0 aliphatic carbocycles. The highest BCUT2D eigenvalue weighted by Crippen LogP contribution is 2.34. The SMILES string of the molecule is CCC1SC(=O)N(Cc2cccc(NC(=O)c3sc(C)nc3C)c2)N=C1c1ccc(OC)c(OC)c1. The number of thioether (sulfide) groups is 1. The van der Waals surface area contributed by atoms with Gasteiger partial charge >= 0.3 is 5.24 Å². The van der Waals surface area contributed by atoms with Gasteiger partial charge in [-0.05, 0) is 56.2 Å².